The van der Waals surface area contributed by atoms with Crippen LogP contribution in [0.2, 0.25) is 0 Å². The summed E-state index contributed by atoms with van der Waals surface area (Å²) in [5, 5.41) is 14.0. The van der Waals surface area contributed by atoms with Crippen LogP contribution in [0.15, 0.2) is 18.2 Å². The van der Waals surface area contributed by atoms with Crippen molar-refractivity contribution >= 4 is 17.1 Å². The highest BCUT2D eigenvalue weighted by Gasteiger charge is 2.18. The van der Waals surface area contributed by atoms with Crippen LogP contribution in [0.25, 0.3) is 0 Å². The van der Waals surface area contributed by atoms with Gasteiger partial charge in [0.2, 0.25) is 0 Å². The molecule has 0 saturated heterocycles. The SMILES string of the molecule is CNc1cc(N(CCOC)C(C)COC)cc([N+](=O)[O-])c1. The Bertz CT molecular complexity index is 468. The number of nitrogens with one attached hydrogen (secondary N) is 1. The number of hydrogen-bond donors (Lipinski definition) is 1. The number of ether oxygens (including phenoxy) is 2. The van der Waals surface area contributed by atoms with Gasteiger partial charge in [-0.15, -0.1) is 0 Å². The Morgan fingerprint density at radius 2 is 2.05 bits per heavy atom. The van der Waals surface area contributed by atoms with Crippen molar-refractivity contribution < 1.29 is 14.4 Å². The number of methoxy groups -OCH3 is 2. The van der Waals surface area contributed by atoms with Gasteiger partial charge >= 0.3 is 0 Å². The maximum absolute atomic E-state index is 11.1. The smallest absolute Gasteiger partial charge is 0.273 e. The molecule has 1 aromatic carbocycles. The summed E-state index contributed by atoms with van der Waals surface area (Å²) in [4.78, 5) is 12.7. The predicted octanol–water partition coefficient (Wildman–Crippen LogP) is 2.12. The predicted molar refractivity (Wildman–Crippen MR) is 83.2 cm³/mol. The van der Waals surface area contributed by atoms with Crippen LogP contribution in [0.3, 0.4) is 0 Å². The van der Waals surface area contributed by atoms with E-state index in [0.29, 0.717) is 25.4 Å². The van der Waals surface area contributed by atoms with E-state index in [1.54, 1.807) is 27.3 Å². The van der Waals surface area contributed by atoms with Crippen LogP contribution >= 0.6 is 0 Å². The third kappa shape index (κ3) is 4.87. The molecule has 0 spiro atoms. The van der Waals surface area contributed by atoms with Crippen molar-refractivity contribution in [3.8, 4) is 0 Å². The molecule has 0 aliphatic carbocycles. The summed E-state index contributed by atoms with van der Waals surface area (Å²) in [6.45, 7) is 3.70. The van der Waals surface area contributed by atoms with Gasteiger partial charge in [-0.1, -0.05) is 0 Å². The topological polar surface area (TPSA) is 76.9 Å². The molecule has 118 valence electrons. The number of benzene rings is 1. The number of nitrogens with zero attached hydrogens (tertiary/aromatic N) is 2. The van der Waals surface area contributed by atoms with Gasteiger partial charge in [-0.3, -0.25) is 10.1 Å². The minimum absolute atomic E-state index is 0.0592. The van der Waals surface area contributed by atoms with Crippen LogP contribution in [0, 0.1) is 10.1 Å². The van der Waals surface area contributed by atoms with Gasteiger partial charge in [0.1, 0.15) is 0 Å². The van der Waals surface area contributed by atoms with Gasteiger partial charge in [0.25, 0.3) is 5.69 Å². The number of nitro benzene ring substituents is 1. The zero-order chi connectivity index (χ0) is 15.8. The zero-order valence-corrected chi connectivity index (χ0v) is 13.0. The third-order valence-corrected chi connectivity index (χ3v) is 3.21. The van der Waals surface area contributed by atoms with E-state index in [4.69, 9.17) is 9.47 Å². The zero-order valence-electron chi connectivity index (χ0n) is 13.0. The van der Waals surface area contributed by atoms with Gasteiger partial charge < -0.3 is 19.7 Å². The second kappa shape index (κ2) is 8.43. The Hall–Kier alpha value is -1.86. The van der Waals surface area contributed by atoms with E-state index >= 15 is 0 Å². The first-order valence-corrected chi connectivity index (χ1v) is 6.75. The summed E-state index contributed by atoms with van der Waals surface area (Å²) in [5.41, 5.74) is 1.53. The first kappa shape index (κ1) is 17.2. The highest BCUT2D eigenvalue weighted by Crippen LogP contribution is 2.28. The van der Waals surface area contributed by atoms with Crippen LogP contribution in [0.1, 0.15) is 6.92 Å². The van der Waals surface area contributed by atoms with E-state index in [2.05, 4.69) is 5.32 Å². The van der Waals surface area contributed by atoms with Gasteiger partial charge in [-0.2, -0.15) is 0 Å². The lowest BCUT2D eigenvalue weighted by Crippen LogP contribution is -2.38. The van der Waals surface area contributed by atoms with Gasteiger partial charge in [-0.05, 0) is 13.0 Å². The minimum atomic E-state index is -0.389. The van der Waals surface area contributed by atoms with Crippen molar-refractivity contribution in [2.75, 3.05) is 51.2 Å². The maximum Gasteiger partial charge on any atom is 0.273 e. The Balaban J connectivity index is 3.15. The molecule has 21 heavy (non-hydrogen) atoms. The van der Waals surface area contributed by atoms with Gasteiger partial charge in [0, 0.05) is 57.4 Å². The van der Waals surface area contributed by atoms with E-state index in [1.807, 2.05) is 17.9 Å². The van der Waals surface area contributed by atoms with E-state index in [0.717, 1.165) is 5.69 Å². The van der Waals surface area contributed by atoms with Crippen LogP contribution in [-0.4, -0.2) is 52.0 Å². The van der Waals surface area contributed by atoms with Crippen LogP contribution in [0.4, 0.5) is 17.1 Å². The van der Waals surface area contributed by atoms with E-state index in [1.165, 1.54) is 6.07 Å². The van der Waals surface area contributed by atoms with Crippen LogP contribution in [-0.2, 0) is 9.47 Å². The first-order valence-electron chi connectivity index (χ1n) is 6.75. The summed E-state index contributed by atoms with van der Waals surface area (Å²) in [6, 6.07) is 5.05. The number of non-ortho nitro benzene ring substituents is 1. The van der Waals surface area contributed by atoms with Crippen molar-refractivity contribution in [3.63, 3.8) is 0 Å². The quantitative estimate of drug-likeness (QED) is 0.556. The molecule has 1 N–H and O–H groups in total. The van der Waals surface area contributed by atoms with Crippen molar-refractivity contribution in [2.45, 2.75) is 13.0 Å². The maximum atomic E-state index is 11.1. The molecule has 0 bridgehead atoms. The highest BCUT2D eigenvalue weighted by molar-refractivity contribution is 5.64. The molecule has 0 aliphatic rings. The molecule has 0 heterocycles. The molecule has 0 radical (unpaired) electrons. The molecule has 1 aromatic rings. The van der Waals surface area contributed by atoms with Gasteiger partial charge in [-0.25, -0.2) is 0 Å². The Morgan fingerprint density at radius 1 is 1.33 bits per heavy atom. The molecule has 0 aromatic heterocycles. The Kier molecular flexibility index (Phi) is 6.90. The highest BCUT2D eigenvalue weighted by atomic mass is 16.6. The standard InChI is InChI=1S/C14H23N3O4/c1-11(10-21-4)16(5-6-20-3)13-7-12(15-2)8-14(9-13)17(18)19/h7-9,11,15H,5-6,10H2,1-4H3. The fourth-order valence-corrected chi connectivity index (χ4v) is 2.14. The largest absolute Gasteiger partial charge is 0.388 e. The summed E-state index contributed by atoms with van der Waals surface area (Å²) in [5.74, 6) is 0. The van der Waals surface area contributed by atoms with E-state index < -0.39 is 0 Å². The monoisotopic (exact) mass is 297 g/mol. The molecule has 7 nitrogen and oxygen atoms in total. The van der Waals surface area contributed by atoms with E-state index in [-0.39, 0.29) is 16.7 Å². The second-order valence-corrected chi connectivity index (χ2v) is 4.74. The van der Waals surface area contributed by atoms with Crippen molar-refractivity contribution in [1.82, 2.24) is 0 Å². The molecule has 7 heteroatoms. The Morgan fingerprint density at radius 3 is 2.57 bits per heavy atom. The molecular weight excluding hydrogens is 274 g/mol. The third-order valence-electron chi connectivity index (χ3n) is 3.21. The summed E-state index contributed by atoms with van der Waals surface area (Å²) in [6.07, 6.45) is 0. The van der Waals surface area contributed by atoms with Crippen LogP contribution < -0.4 is 10.2 Å². The van der Waals surface area contributed by atoms with Crippen molar-refractivity contribution in [2.24, 2.45) is 0 Å². The molecule has 0 saturated carbocycles. The van der Waals surface area contributed by atoms with E-state index in [9.17, 15) is 10.1 Å². The lowest BCUT2D eigenvalue weighted by Gasteiger charge is -2.31. The summed E-state index contributed by atoms with van der Waals surface area (Å²) < 4.78 is 10.3. The van der Waals surface area contributed by atoms with Gasteiger partial charge in [0.15, 0.2) is 0 Å². The lowest BCUT2D eigenvalue weighted by molar-refractivity contribution is -0.384. The fourth-order valence-electron chi connectivity index (χ4n) is 2.14. The molecular formula is C14H23N3O4. The molecule has 1 atom stereocenters. The lowest BCUT2D eigenvalue weighted by atomic mass is 10.2. The number of anilines is 2. The molecule has 0 aliphatic heterocycles. The number of hydrogen-bond acceptors (Lipinski definition) is 6. The molecule has 1 rings (SSSR count). The molecule has 0 amide bonds. The minimum Gasteiger partial charge on any atom is -0.388 e. The Labute approximate surface area is 125 Å². The normalized spacial score (nSPS) is 12.0. The van der Waals surface area contributed by atoms with Crippen LogP contribution in [0.5, 0.6) is 0 Å². The first-order chi connectivity index (χ1) is 10.0. The number of nitro groups is 1. The van der Waals surface area contributed by atoms with Crippen molar-refractivity contribution in [1.29, 1.82) is 0 Å². The molecule has 0 fully saturated rings. The second-order valence-electron chi connectivity index (χ2n) is 4.74. The average Bonchev–Trinajstić information content (AvgIpc) is 2.47. The molecule has 1 unspecified atom stereocenters. The van der Waals surface area contributed by atoms with Crippen molar-refractivity contribution in [3.05, 3.63) is 28.3 Å². The summed E-state index contributed by atoms with van der Waals surface area (Å²) in [7, 11) is 5.00. The number of rotatable bonds is 9. The average molecular weight is 297 g/mol. The fraction of sp³-hybridized carbons (Fsp3) is 0.571. The van der Waals surface area contributed by atoms with Gasteiger partial charge in [0.05, 0.1) is 18.1 Å². The summed E-state index contributed by atoms with van der Waals surface area (Å²) >= 11 is 0.